The molecule has 2 heterocycles. The Labute approximate surface area is 183 Å². The fraction of sp³-hybridized carbons (Fsp3) is 0.500. The van der Waals surface area contributed by atoms with Gasteiger partial charge in [0.15, 0.2) is 0 Å². The number of aliphatic carboxylic acids is 1. The number of carboxylic acid groups (broad SMARTS) is 1. The fourth-order valence-electron chi connectivity index (χ4n) is 3.67. The number of carbonyl (C=O) groups is 1. The molecule has 3 rings (SSSR count). The van der Waals surface area contributed by atoms with Crippen molar-refractivity contribution in [3.8, 4) is 0 Å². The highest BCUT2D eigenvalue weighted by molar-refractivity contribution is 6.30. The molecular formula is C22H30ClN3O4. The summed E-state index contributed by atoms with van der Waals surface area (Å²) in [6.07, 6.45) is 1.91. The zero-order chi connectivity index (χ0) is 21.7. The molecule has 1 fully saturated rings. The molecule has 0 aliphatic carbocycles. The highest BCUT2D eigenvalue weighted by Crippen LogP contribution is 2.32. The Hall–Kier alpha value is -2.06. The maximum absolute atomic E-state index is 12.1. The summed E-state index contributed by atoms with van der Waals surface area (Å²) in [5.74, 6) is -0.569. The van der Waals surface area contributed by atoms with Crippen LogP contribution in [0.3, 0.4) is 0 Å². The molecule has 164 valence electrons. The van der Waals surface area contributed by atoms with Gasteiger partial charge in [-0.2, -0.15) is 0 Å². The van der Waals surface area contributed by atoms with E-state index in [4.69, 9.17) is 21.1 Å². The van der Waals surface area contributed by atoms with Crippen molar-refractivity contribution in [2.24, 2.45) is 0 Å². The van der Waals surface area contributed by atoms with Crippen LogP contribution in [0, 0.1) is 0 Å². The van der Waals surface area contributed by atoms with E-state index in [0.29, 0.717) is 49.4 Å². The molecule has 1 atom stereocenters. The summed E-state index contributed by atoms with van der Waals surface area (Å²) in [5.41, 5.74) is 1.96. The first-order chi connectivity index (χ1) is 14.4. The lowest BCUT2D eigenvalue weighted by atomic mass is 10.0. The number of hydrogen-bond acceptors (Lipinski definition) is 6. The van der Waals surface area contributed by atoms with Crippen molar-refractivity contribution < 1.29 is 19.4 Å². The van der Waals surface area contributed by atoms with E-state index >= 15 is 0 Å². The number of nitrogens with zero attached hydrogens (tertiary/aromatic N) is 3. The molecule has 1 saturated heterocycles. The Morgan fingerprint density at radius 2 is 1.93 bits per heavy atom. The molecule has 30 heavy (non-hydrogen) atoms. The SMILES string of the molecule is CC1=CC(N2CCOCC2)N(Cc2ccc(Cl)cc2)C(OCCN(C)C)=C1C(=O)O. The molecular weight excluding hydrogens is 406 g/mol. The largest absolute Gasteiger partial charge is 0.477 e. The number of rotatable bonds is 8. The molecule has 1 aromatic rings. The van der Waals surface area contributed by atoms with Crippen LogP contribution in [0.25, 0.3) is 0 Å². The van der Waals surface area contributed by atoms with Crippen molar-refractivity contribution in [3.05, 3.63) is 58.0 Å². The van der Waals surface area contributed by atoms with Crippen LogP contribution in [-0.2, 0) is 20.8 Å². The average Bonchev–Trinajstić information content (AvgIpc) is 2.71. The van der Waals surface area contributed by atoms with Gasteiger partial charge < -0.3 is 24.4 Å². The van der Waals surface area contributed by atoms with Crippen LogP contribution >= 0.6 is 11.6 Å². The molecule has 1 N–H and O–H groups in total. The smallest absolute Gasteiger partial charge is 0.341 e. The predicted octanol–water partition coefficient (Wildman–Crippen LogP) is 2.63. The van der Waals surface area contributed by atoms with Gasteiger partial charge >= 0.3 is 5.97 Å². The molecule has 0 amide bonds. The van der Waals surface area contributed by atoms with Gasteiger partial charge in [-0.05, 0) is 50.4 Å². The first-order valence-electron chi connectivity index (χ1n) is 10.1. The summed E-state index contributed by atoms with van der Waals surface area (Å²) < 4.78 is 11.6. The van der Waals surface area contributed by atoms with E-state index in [1.807, 2.05) is 61.2 Å². The Morgan fingerprint density at radius 3 is 2.53 bits per heavy atom. The van der Waals surface area contributed by atoms with Gasteiger partial charge in [0.25, 0.3) is 0 Å². The van der Waals surface area contributed by atoms with Crippen LogP contribution in [0.1, 0.15) is 12.5 Å². The van der Waals surface area contributed by atoms with E-state index in [2.05, 4.69) is 4.90 Å². The summed E-state index contributed by atoms with van der Waals surface area (Å²) in [6.45, 7) is 6.31. The molecule has 2 aliphatic rings. The third-order valence-electron chi connectivity index (χ3n) is 5.26. The molecule has 1 unspecified atom stereocenters. The van der Waals surface area contributed by atoms with Gasteiger partial charge in [-0.3, -0.25) is 4.90 Å². The number of carboxylic acids is 1. The van der Waals surface area contributed by atoms with Gasteiger partial charge in [0.1, 0.15) is 18.3 Å². The minimum atomic E-state index is -0.981. The van der Waals surface area contributed by atoms with E-state index < -0.39 is 5.97 Å². The maximum Gasteiger partial charge on any atom is 0.341 e. The normalized spacial score (nSPS) is 20.5. The predicted molar refractivity (Wildman–Crippen MR) is 116 cm³/mol. The van der Waals surface area contributed by atoms with Gasteiger partial charge in [0.05, 0.1) is 13.2 Å². The van der Waals surface area contributed by atoms with Gasteiger partial charge in [0, 0.05) is 31.2 Å². The molecule has 0 spiro atoms. The summed E-state index contributed by atoms with van der Waals surface area (Å²) in [5, 5.41) is 10.6. The van der Waals surface area contributed by atoms with E-state index in [0.717, 1.165) is 18.7 Å². The lowest BCUT2D eigenvalue weighted by molar-refractivity contribution is -0.133. The topological polar surface area (TPSA) is 65.5 Å². The first-order valence-corrected chi connectivity index (χ1v) is 10.5. The van der Waals surface area contributed by atoms with Crippen LogP contribution in [0.4, 0.5) is 0 Å². The van der Waals surface area contributed by atoms with Gasteiger partial charge in [-0.15, -0.1) is 0 Å². The lowest BCUT2D eigenvalue weighted by Gasteiger charge is -2.44. The number of hydrogen-bond donors (Lipinski definition) is 1. The van der Waals surface area contributed by atoms with Crippen LogP contribution in [0.2, 0.25) is 5.02 Å². The summed E-state index contributed by atoms with van der Waals surface area (Å²) in [6, 6.07) is 7.61. The maximum atomic E-state index is 12.1. The summed E-state index contributed by atoms with van der Waals surface area (Å²) >= 11 is 6.05. The van der Waals surface area contributed by atoms with Crippen molar-refractivity contribution in [1.82, 2.24) is 14.7 Å². The summed E-state index contributed by atoms with van der Waals surface area (Å²) in [7, 11) is 3.92. The number of benzene rings is 1. The molecule has 2 aliphatic heterocycles. The Balaban J connectivity index is 1.98. The second-order valence-corrected chi connectivity index (χ2v) is 8.24. The monoisotopic (exact) mass is 435 g/mol. The van der Waals surface area contributed by atoms with Crippen molar-refractivity contribution in [1.29, 1.82) is 0 Å². The Kier molecular flexibility index (Phi) is 7.77. The molecule has 0 saturated carbocycles. The van der Waals surface area contributed by atoms with Gasteiger partial charge in [0.2, 0.25) is 5.88 Å². The van der Waals surface area contributed by atoms with Crippen LogP contribution in [0.5, 0.6) is 0 Å². The van der Waals surface area contributed by atoms with E-state index in [1.165, 1.54) is 0 Å². The highest BCUT2D eigenvalue weighted by Gasteiger charge is 2.36. The van der Waals surface area contributed by atoms with E-state index in [-0.39, 0.29) is 11.7 Å². The second kappa shape index (κ2) is 10.3. The summed E-state index contributed by atoms with van der Waals surface area (Å²) in [4.78, 5) is 18.5. The van der Waals surface area contributed by atoms with Crippen LogP contribution in [-0.4, -0.2) is 85.5 Å². The molecule has 0 aromatic heterocycles. The molecule has 7 nitrogen and oxygen atoms in total. The second-order valence-electron chi connectivity index (χ2n) is 7.80. The highest BCUT2D eigenvalue weighted by atomic mass is 35.5. The number of ether oxygens (including phenoxy) is 2. The third kappa shape index (κ3) is 5.55. The quantitative estimate of drug-likeness (QED) is 0.673. The van der Waals surface area contributed by atoms with E-state index in [9.17, 15) is 9.90 Å². The first kappa shape index (κ1) is 22.6. The van der Waals surface area contributed by atoms with Crippen LogP contribution < -0.4 is 0 Å². The minimum absolute atomic E-state index is 0.109. The zero-order valence-corrected chi connectivity index (χ0v) is 18.6. The van der Waals surface area contributed by atoms with Gasteiger partial charge in [-0.1, -0.05) is 23.7 Å². The standard InChI is InChI=1S/C22H30ClN3O4/c1-16-14-19(25-9-11-29-12-10-25)26(15-17-4-6-18(23)7-5-17)21(20(16)22(27)28)30-13-8-24(2)3/h4-7,14,19H,8-13,15H2,1-3H3,(H,27,28). The van der Waals surface area contributed by atoms with Crippen molar-refractivity contribution in [2.45, 2.75) is 19.6 Å². The van der Waals surface area contributed by atoms with Crippen molar-refractivity contribution >= 4 is 17.6 Å². The number of halogens is 1. The molecule has 1 aromatic carbocycles. The number of likely N-dealkylation sites (N-methyl/N-ethyl adjacent to an activating group) is 1. The molecule has 0 bridgehead atoms. The fourth-order valence-corrected chi connectivity index (χ4v) is 3.79. The molecule has 0 radical (unpaired) electrons. The molecule has 8 heteroatoms. The Morgan fingerprint density at radius 1 is 1.27 bits per heavy atom. The van der Waals surface area contributed by atoms with Crippen molar-refractivity contribution in [3.63, 3.8) is 0 Å². The number of morpholine rings is 1. The average molecular weight is 436 g/mol. The minimum Gasteiger partial charge on any atom is -0.477 e. The van der Waals surface area contributed by atoms with Gasteiger partial charge in [-0.25, -0.2) is 4.79 Å². The third-order valence-corrected chi connectivity index (χ3v) is 5.52. The van der Waals surface area contributed by atoms with Crippen LogP contribution in [0.15, 0.2) is 47.4 Å². The Bertz CT molecular complexity index is 801. The van der Waals surface area contributed by atoms with E-state index in [1.54, 1.807) is 0 Å². The van der Waals surface area contributed by atoms with Crippen molar-refractivity contribution in [2.75, 3.05) is 53.6 Å². The lowest BCUT2D eigenvalue weighted by Crippen LogP contribution is -2.53. The zero-order valence-electron chi connectivity index (χ0n) is 17.8.